The van der Waals surface area contributed by atoms with E-state index in [1.807, 2.05) is 0 Å². The topological polar surface area (TPSA) is 90.0 Å². The molecule has 2 aliphatic carbocycles. The van der Waals surface area contributed by atoms with Crippen LogP contribution in [0.5, 0.6) is 0 Å². The Kier molecular flexibility index (Phi) is 3.80. The predicted octanol–water partition coefficient (Wildman–Crippen LogP) is 0.416. The Labute approximate surface area is 123 Å². The van der Waals surface area contributed by atoms with Crippen molar-refractivity contribution in [2.24, 2.45) is 24.6 Å². The number of nitrogens with two attached hydrogens (primary N) is 1. The lowest BCUT2D eigenvalue weighted by Gasteiger charge is -2.45. The minimum atomic E-state index is -0.216. The fourth-order valence-electron chi connectivity index (χ4n) is 3.87. The molecule has 0 saturated heterocycles. The lowest BCUT2D eigenvalue weighted by molar-refractivity contribution is 0.0749. The maximum atomic E-state index is 12.4. The molecular weight excluding hydrogens is 268 g/mol. The number of hydrogen-bond acceptors (Lipinski definition) is 4. The number of hydrogen-bond donors (Lipinski definition) is 2. The van der Waals surface area contributed by atoms with E-state index in [9.17, 15) is 9.59 Å². The zero-order valence-corrected chi connectivity index (χ0v) is 12.3. The van der Waals surface area contributed by atoms with E-state index in [4.69, 9.17) is 5.73 Å². The number of aryl methyl sites for hydroxylation is 1. The van der Waals surface area contributed by atoms with Gasteiger partial charge in [-0.3, -0.25) is 9.59 Å². The van der Waals surface area contributed by atoms with Crippen LogP contribution >= 0.6 is 0 Å². The highest BCUT2D eigenvalue weighted by Gasteiger charge is 2.40. The van der Waals surface area contributed by atoms with Crippen LogP contribution in [-0.2, 0) is 7.05 Å². The predicted molar refractivity (Wildman–Crippen MR) is 78.8 cm³/mol. The second kappa shape index (κ2) is 5.60. The molecule has 1 heterocycles. The molecule has 0 spiro atoms. The fourth-order valence-corrected chi connectivity index (χ4v) is 3.87. The van der Waals surface area contributed by atoms with E-state index in [0.717, 1.165) is 25.7 Å². The first-order chi connectivity index (χ1) is 10.0. The van der Waals surface area contributed by atoms with Crippen molar-refractivity contribution in [3.8, 4) is 0 Å². The van der Waals surface area contributed by atoms with Gasteiger partial charge in [-0.05, 0) is 43.6 Å². The molecule has 6 nitrogen and oxygen atoms in total. The summed E-state index contributed by atoms with van der Waals surface area (Å²) >= 11 is 0. The van der Waals surface area contributed by atoms with Crippen LogP contribution in [0.25, 0.3) is 0 Å². The van der Waals surface area contributed by atoms with E-state index < -0.39 is 0 Å². The lowest BCUT2D eigenvalue weighted by atomic mass is 9.67. The molecule has 3 N–H and O–H groups in total. The third-order valence-electron chi connectivity index (χ3n) is 4.87. The van der Waals surface area contributed by atoms with Crippen molar-refractivity contribution in [1.82, 2.24) is 15.1 Å². The van der Waals surface area contributed by atoms with E-state index >= 15 is 0 Å². The summed E-state index contributed by atoms with van der Waals surface area (Å²) in [5.41, 5.74) is 6.18. The first-order valence-electron chi connectivity index (χ1n) is 7.65. The van der Waals surface area contributed by atoms with E-state index in [1.165, 1.54) is 23.2 Å². The number of aromatic nitrogens is 2. The maximum Gasteiger partial charge on any atom is 0.271 e. The van der Waals surface area contributed by atoms with Gasteiger partial charge in [0, 0.05) is 25.2 Å². The van der Waals surface area contributed by atoms with Crippen LogP contribution in [0.3, 0.4) is 0 Å². The Hall–Kier alpha value is -1.69. The summed E-state index contributed by atoms with van der Waals surface area (Å²) in [5.74, 6) is 0.760. The number of nitrogens with one attached hydrogen (secondary N) is 1. The van der Waals surface area contributed by atoms with E-state index in [-0.39, 0.29) is 23.6 Å². The van der Waals surface area contributed by atoms with Gasteiger partial charge in [0.1, 0.15) is 5.69 Å². The van der Waals surface area contributed by atoms with Gasteiger partial charge in [-0.15, -0.1) is 0 Å². The zero-order valence-electron chi connectivity index (χ0n) is 12.3. The van der Waals surface area contributed by atoms with Crippen molar-refractivity contribution < 1.29 is 4.79 Å². The molecule has 1 aromatic heterocycles. The Morgan fingerprint density at radius 3 is 2.62 bits per heavy atom. The molecule has 21 heavy (non-hydrogen) atoms. The monoisotopic (exact) mass is 290 g/mol. The summed E-state index contributed by atoms with van der Waals surface area (Å²) in [7, 11) is 1.55. The van der Waals surface area contributed by atoms with Crippen LogP contribution in [0.15, 0.2) is 16.9 Å². The van der Waals surface area contributed by atoms with Crippen LogP contribution in [-0.4, -0.2) is 27.8 Å². The van der Waals surface area contributed by atoms with E-state index in [0.29, 0.717) is 17.5 Å². The van der Waals surface area contributed by atoms with Crippen LogP contribution in [0.1, 0.15) is 42.6 Å². The quantitative estimate of drug-likeness (QED) is 0.826. The molecule has 0 radical (unpaired) electrons. The normalized spacial score (nSPS) is 31.7. The maximum absolute atomic E-state index is 12.4. The number of amides is 1. The minimum absolute atomic E-state index is 0.192. The summed E-state index contributed by atoms with van der Waals surface area (Å²) in [4.78, 5) is 23.7. The molecule has 0 aliphatic heterocycles. The first-order valence-corrected chi connectivity index (χ1v) is 7.65. The Morgan fingerprint density at radius 2 is 2.00 bits per heavy atom. The molecule has 6 heteroatoms. The van der Waals surface area contributed by atoms with Gasteiger partial charge in [0.25, 0.3) is 11.5 Å². The smallest absolute Gasteiger partial charge is 0.271 e. The summed E-state index contributed by atoms with van der Waals surface area (Å²) in [6.45, 7) is 0. The van der Waals surface area contributed by atoms with Gasteiger partial charge in [-0.25, -0.2) is 4.68 Å². The summed E-state index contributed by atoms with van der Waals surface area (Å²) in [6.07, 6.45) is 5.47. The molecule has 1 amide bonds. The SMILES string of the molecule is Cn1nc(C(=O)NC2C3CCCC2CC(N)C3)ccc1=O. The van der Waals surface area contributed by atoms with Gasteiger partial charge in [-0.2, -0.15) is 5.10 Å². The highest BCUT2D eigenvalue weighted by Crippen LogP contribution is 2.39. The molecule has 2 unspecified atom stereocenters. The van der Waals surface area contributed by atoms with E-state index in [1.54, 1.807) is 7.05 Å². The van der Waals surface area contributed by atoms with Crippen LogP contribution < -0.4 is 16.6 Å². The number of fused-ring (bicyclic) bond motifs is 2. The Balaban J connectivity index is 1.74. The molecule has 2 saturated carbocycles. The van der Waals surface area contributed by atoms with Gasteiger partial charge in [-0.1, -0.05) is 6.42 Å². The molecule has 2 fully saturated rings. The standard InChI is InChI=1S/C15H22N4O2/c1-19-13(20)6-5-12(18-19)15(21)17-14-9-3-2-4-10(14)8-11(16)7-9/h5-6,9-11,14H,2-4,7-8,16H2,1H3,(H,17,21). The second-order valence-corrected chi connectivity index (χ2v) is 6.36. The number of carbonyl (C=O) groups is 1. The molecule has 114 valence electrons. The highest BCUT2D eigenvalue weighted by molar-refractivity contribution is 5.92. The lowest BCUT2D eigenvalue weighted by Crippen LogP contribution is -2.53. The average Bonchev–Trinajstić information content (AvgIpc) is 2.42. The highest BCUT2D eigenvalue weighted by atomic mass is 16.2. The Morgan fingerprint density at radius 1 is 1.33 bits per heavy atom. The molecule has 3 rings (SSSR count). The van der Waals surface area contributed by atoms with Crippen molar-refractivity contribution >= 4 is 5.91 Å². The van der Waals surface area contributed by atoms with Gasteiger partial charge >= 0.3 is 0 Å². The van der Waals surface area contributed by atoms with Crippen LogP contribution in [0, 0.1) is 11.8 Å². The fraction of sp³-hybridized carbons (Fsp3) is 0.667. The number of carbonyl (C=O) groups excluding carboxylic acids is 1. The van der Waals surface area contributed by atoms with Gasteiger partial charge in [0.05, 0.1) is 0 Å². The molecule has 2 atom stereocenters. The van der Waals surface area contributed by atoms with Crippen molar-refractivity contribution in [1.29, 1.82) is 0 Å². The first kappa shape index (κ1) is 14.3. The summed E-state index contributed by atoms with van der Waals surface area (Å²) in [5, 5.41) is 7.15. The van der Waals surface area contributed by atoms with Crippen molar-refractivity contribution in [2.45, 2.75) is 44.2 Å². The largest absolute Gasteiger partial charge is 0.347 e. The summed E-state index contributed by atoms with van der Waals surface area (Å²) < 4.78 is 1.19. The van der Waals surface area contributed by atoms with Crippen molar-refractivity contribution in [2.75, 3.05) is 0 Å². The molecule has 2 bridgehead atoms. The number of rotatable bonds is 2. The van der Waals surface area contributed by atoms with Gasteiger partial charge in [0.15, 0.2) is 0 Å². The van der Waals surface area contributed by atoms with Crippen LogP contribution in [0.2, 0.25) is 0 Å². The van der Waals surface area contributed by atoms with Gasteiger partial charge < -0.3 is 11.1 Å². The molecule has 0 aromatic carbocycles. The molecular formula is C15H22N4O2. The van der Waals surface area contributed by atoms with Crippen molar-refractivity contribution in [3.63, 3.8) is 0 Å². The zero-order chi connectivity index (χ0) is 15.0. The number of nitrogens with zero attached hydrogens (tertiary/aromatic N) is 2. The second-order valence-electron chi connectivity index (χ2n) is 6.36. The van der Waals surface area contributed by atoms with E-state index in [2.05, 4.69) is 10.4 Å². The van der Waals surface area contributed by atoms with Gasteiger partial charge in [0.2, 0.25) is 0 Å². The third kappa shape index (κ3) is 2.85. The molecule has 1 aromatic rings. The average molecular weight is 290 g/mol. The third-order valence-corrected chi connectivity index (χ3v) is 4.87. The molecule has 2 aliphatic rings. The Bertz CT molecular complexity index is 584. The minimum Gasteiger partial charge on any atom is -0.347 e. The summed E-state index contributed by atoms with van der Waals surface area (Å²) in [6, 6.07) is 3.33. The van der Waals surface area contributed by atoms with Crippen molar-refractivity contribution in [3.05, 3.63) is 28.2 Å². The van der Waals surface area contributed by atoms with Crippen LogP contribution in [0.4, 0.5) is 0 Å².